The van der Waals surface area contributed by atoms with Gasteiger partial charge in [-0.2, -0.15) is 0 Å². The van der Waals surface area contributed by atoms with Crippen molar-refractivity contribution < 1.29 is 0 Å². The molecule has 4 saturated carbocycles. The molecule has 151 valence electrons. The van der Waals surface area contributed by atoms with E-state index in [0.717, 1.165) is 30.1 Å². The highest BCUT2D eigenvalue weighted by molar-refractivity contribution is 5.26. The SMILES string of the molecule is C=CC/[C]=C(\C1CC1)C(C1CCCCCC1)(C1CCCCC1)C1CCCC1. The predicted molar refractivity (Wildman–Crippen MR) is 116 cm³/mol. The molecule has 0 aromatic heterocycles. The van der Waals surface area contributed by atoms with Crippen LogP contribution in [0.5, 0.6) is 0 Å². The van der Waals surface area contributed by atoms with E-state index in [1.165, 1.54) is 109 Å². The summed E-state index contributed by atoms with van der Waals surface area (Å²) in [6, 6.07) is 0. The molecular weight excluding hydrogens is 324 g/mol. The van der Waals surface area contributed by atoms with Crippen molar-refractivity contribution in [2.75, 3.05) is 0 Å². The van der Waals surface area contributed by atoms with E-state index in [1.807, 2.05) is 5.57 Å². The van der Waals surface area contributed by atoms with E-state index in [2.05, 4.69) is 18.7 Å². The summed E-state index contributed by atoms with van der Waals surface area (Å²) in [7, 11) is 0. The zero-order valence-electron chi connectivity index (χ0n) is 17.8. The summed E-state index contributed by atoms with van der Waals surface area (Å²) in [5.41, 5.74) is 2.37. The zero-order chi connectivity index (χ0) is 18.5. The van der Waals surface area contributed by atoms with Crippen molar-refractivity contribution >= 4 is 0 Å². The minimum absolute atomic E-state index is 0.519. The molecule has 0 amide bonds. The van der Waals surface area contributed by atoms with E-state index in [9.17, 15) is 0 Å². The summed E-state index contributed by atoms with van der Waals surface area (Å²) < 4.78 is 0. The number of hydrogen-bond donors (Lipinski definition) is 0. The zero-order valence-corrected chi connectivity index (χ0v) is 17.8. The van der Waals surface area contributed by atoms with Gasteiger partial charge in [0.2, 0.25) is 0 Å². The molecule has 0 saturated heterocycles. The fraction of sp³-hybridized carbons (Fsp3) is 0.852. The molecule has 0 aromatic carbocycles. The summed E-state index contributed by atoms with van der Waals surface area (Å²) in [6.45, 7) is 4.06. The smallest absolute Gasteiger partial charge is 0.000538 e. The summed E-state index contributed by atoms with van der Waals surface area (Å²) in [5, 5.41) is 0. The van der Waals surface area contributed by atoms with Crippen LogP contribution in [-0.2, 0) is 0 Å². The van der Waals surface area contributed by atoms with E-state index in [4.69, 9.17) is 0 Å². The van der Waals surface area contributed by atoms with Crippen molar-refractivity contribution in [3.05, 3.63) is 24.3 Å². The van der Waals surface area contributed by atoms with Gasteiger partial charge in [0.25, 0.3) is 0 Å². The summed E-state index contributed by atoms with van der Waals surface area (Å²) in [5.74, 6) is 3.77. The molecule has 0 aliphatic heterocycles. The van der Waals surface area contributed by atoms with E-state index in [0.29, 0.717) is 5.41 Å². The Balaban J connectivity index is 1.79. The van der Waals surface area contributed by atoms with Crippen molar-refractivity contribution in [2.24, 2.45) is 29.1 Å². The Hall–Kier alpha value is -0.520. The number of hydrogen-bond acceptors (Lipinski definition) is 0. The van der Waals surface area contributed by atoms with Crippen LogP contribution in [0.3, 0.4) is 0 Å². The summed E-state index contributed by atoms with van der Waals surface area (Å²) in [6.07, 6.45) is 32.5. The van der Waals surface area contributed by atoms with Crippen molar-refractivity contribution in [1.29, 1.82) is 0 Å². The Labute approximate surface area is 169 Å². The van der Waals surface area contributed by atoms with Crippen LogP contribution in [-0.4, -0.2) is 0 Å². The van der Waals surface area contributed by atoms with Crippen LogP contribution in [0.15, 0.2) is 18.2 Å². The van der Waals surface area contributed by atoms with Gasteiger partial charge in [-0.25, -0.2) is 0 Å². The second-order valence-electron chi connectivity index (χ2n) is 10.3. The normalized spacial score (nSPS) is 29.4. The van der Waals surface area contributed by atoms with Gasteiger partial charge in [-0.1, -0.05) is 69.4 Å². The lowest BCUT2D eigenvalue weighted by Crippen LogP contribution is -2.47. The second kappa shape index (κ2) is 9.32. The molecule has 1 radical (unpaired) electrons. The molecule has 0 spiro atoms. The Morgan fingerprint density at radius 1 is 0.667 bits per heavy atom. The highest BCUT2D eigenvalue weighted by Crippen LogP contribution is 2.64. The quantitative estimate of drug-likeness (QED) is 0.313. The molecule has 4 aliphatic rings. The maximum absolute atomic E-state index is 4.06. The number of rotatable bonds is 7. The molecule has 0 aromatic rings. The molecule has 0 bridgehead atoms. The largest absolute Gasteiger partial charge is 0.103 e. The van der Waals surface area contributed by atoms with Crippen molar-refractivity contribution in [3.63, 3.8) is 0 Å². The lowest BCUT2D eigenvalue weighted by molar-refractivity contribution is 0.00632. The standard InChI is InChI=1S/C27H43/c1-2-3-19-26(22-20-21-22)27(25-17-11-12-18-25,24-15-9-6-10-16-24)23-13-7-4-5-8-14-23/h2,22-25H,1,3-18,20-21H2. The average Bonchev–Trinajstić information content (AvgIpc) is 3.47. The van der Waals surface area contributed by atoms with Gasteiger partial charge in [0.1, 0.15) is 0 Å². The van der Waals surface area contributed by atoms with Crippen molar-refractivity contribution in [2.45, 2.75) is 116 Å². The average molecular weight is 368 g/mol. The third-order valence-electron chi connectivity index (χ3n) is 8.73. The van der Waals surface area contributed by atoms with Crippen LogP contribution in [0, 0.1) is 35.2 Å². The Morgan fingerprint density at radius 3 is 1.48 bits per heavy atom. The molecular formula is C27H43. The van der Waals surface area contributed by atoms with Gasteiger partial charge in [0.15, 0.2) is 0 Å². The van der Waals surface area contributed by atoms with Crippen molar-refractivity contribution in [3.8, 4) is 0 Å². The van der Waals surface area contributed by atoms with Crippen LogP contribution in [0.2, 0.25) is 0 Å². The first-order chi connectivity index (χ1) is 13.4. The molecule has 1 atom stereocenters. The van der Waals surface area contributed by atoms with Gasteiger partial charge < -0.3 is 0 Å². The fourth-order valence-electron chi connectivity index (χ4n) is 7.61. The van der Waals surface area contributed by atoms with E-state index in [-0.39, 0.29) is 0 Å². The van der Waals surface area contributed by atoms with Crippen LogP contribution in [0.4, 0.5) is 0 Å². The first kappa shape index (κ1) is 19.8. The van der Waals surface area contributed by atoms with Gasteiger partial charge in [0.05, 0.1) is 0 Å². The van der Waals surface area contributed by atoms with E-state index < -0.39 is 0 Å². The third kappa shape index (κ3) is 4.11. The van der Waals surface area contributed by atoms with E-state index in [1.54, 1.807) is 0 Å². The fourth-order valence-corrected chi connectivity index (χ4v) is 7.61. The molecule has 27 heavy (non-hydrogen) atoms. The molecule has 4 aliphatic carbocycles. The maximum Gasteiger partial charge on any atom is 0.000538 e. The minimum atomic E-state index is 0.519. The van der Waals surface area contributed by atoms with Crippen LogP contribution < -0.4 is 0 Å². The number of allylic oxidation sites excluding steroid dienone is 3. The first-order valence-corrected chi connectivity index (χ1v) is 12.6. The predicted octanol–water partition coefficient (Wildman–Crippen LogP) is 8.43. The minimum Gasteiger partial charge on any atom is -0.103 e. The monoisotopic (exact) mass is 367 g/mol. The van der Waals surface area contributed by atoms with Gasteiger partial charge in [0, 0.05) is 5.41 Å². The molecule has 0 heterocycles. The Bertz CT molecular complexity index is 490. The highest BCUT2D eigenvalue weighted by atomic mass is 14.6. The molecule has 0 N–H and O–H groups in total. The molecule has 0 nitrogen and oxygen atoms in total. The lowest BCUT2D eigenvalue weighted by Gasteiger charge is -2.54. The van der Waals surface area contributed by atoms with Crippen LogP contribution >= 0.6 is 0 Å². The Morgan fingerprint density at radius 2 is 1.07 bits per heavy atom. The van der Waals surface area contributed by atoms with E-state index >= 15 is 0 Å². The summed E-state index contributed by atoms with van der Waals surface area (Å²) >= 11 is 0. The van der Waals surface area contributed by atoms with Crippen LogP contribution in [0.25, 0.3) is 0 Å². The van der Waals surface area contributed by atoms with Gasteiger partial charge in [-0.15, -0.1) is 6.58 Å². The molecule has 4 rings (SSSR count). The molecule has 0 heteroatoms. The van der Waals surface area contributed by atoms with Gasteiger partial charge in [-0.3, -0.25) is 0 Å². The topological polar surface area (TPSA) is 0 Å². The van der Waals surface area contributed by atoms with Crippen LogP contribution in [0.1, 0.15) is 116 Å². The third-order valence-corrected chi connectivity index (χ3v) is 8.73. The first-order valence-electron chi connectivity index (χ1n) is 12.6. The second-order valence-corrected chi connectivity index (χ2v) is 10.3. The molecule has 1 unspecified atom stereocenters. The van der Waals surface area contributed by atoms with Gasteiger partial charge >= 0.3 is 0 Å². The highest BCUT2D eigenvalue weighted by Gasteiger charge is 2.55. The van der Waals surface area contributed by atoms with Gasteiger partial charge in [-0.05, 0) is 87.5 Å². The Kier molecular flexibility index (Phi) is 6.83. The lowest BCUT2D eigenvalue weighted by atomic mass is 9.50. The summed E-state index contributed by atoms with van der Waals surface area (Å²) in [4.78, 5) is 0. The maximum atomic E-state index is 4.06. The van der Waals surface area contributed by atoms with Crippen molar-refractivity contribution in [1.82, 2.24) is 0 Å². The molecule has 4 fully saturated rings.